The molecule has 2 aromatic rings. The second-order valence-corrected chi connectivity index (χ2v) is 6.54. The highest BCUT2D eigenvalue weighted by molar-refractivity contribution is 6.34. The van der Waals surface area contributed by atoms with Gasteiger partial charge in [-0.1, -0.05) is 18.2 Å². The van der Waals surface area contributed by atoms with Gasteiger partial charge in [-0.3, -0.25) is 9.59 Å². The van der Waals surface area contributed by atoms with Gasteiger partial charge in [0.15, 0.2) is 0 Å². The van der Waals surface area contributed by atoms with Crippen LogP contribution < -0.4 is 0 Å². The fourth-order valence-electron chi connectivity index (χ4n) is 3.31. The van der Waals surface area contributed by atoms with Crippen molar-refractivity contribution < 1.29 is 34.5 Å². The molecular formula is C20H18N2O7. The Morgan fingerprint density at radius 2 is 2.00 bits per heavy atom. The number of amides is 1. The SMILES string of the molecule is CC(=O)C(=O)N(C)OC1(O)c2c(O)cc(O)cc2COC1c1ccccc1C#N. The van der Waals surface area contributed by atoms with Crippen LogP contribution in [0.1, 0.15) is 35.3 Å². The summed E-state index contributed by atoms with van der Waals surface area (Å²) in [7, 11) is 1.13. The van der Waals surface area contributed by atoms with Crippen LogP contribution in [0.2, 0.25) is 0 Å². The molecule has 150 valence electrons. The predicted octanol–water partition coefficient (Wildman–Crippen LogP) is 1.37. The van der Waals surface area contributed by atoms with Gasteiger partial charge in [0.2, 0.25) is 5.78 Å². The van der Waals surface area contributed by atoms with Gasteiger partial charge >= 0.3 is 5.91 Å². The van der Waals surface area contributed by atoms with Crippen molar-refractivity contribution in [3.63, 3.8) is 0 Å². The summed E-state index contributed by atoms with van der Waals surface area (Å²) >= 11 is 0. The van der Waals surface area contributed by atoms with Crippen molar-refractivity contribution in [3.8, 4) is 17.6 Å². The van der Waals surface area contributed by atoms with E-state index in [0.717, 1.165) is 20.0 Å². The first-order valence-electron chi connectivity index (χ1n) is 8.55. The number of fused-ring (bicyclic) bond motifs is 1. The van der Waals surface area contributed by atoms with E-state index < -0.39 is 29.3 Å². The Bertz CT molecular complexity index is 1030. The third-order valence-electron chi connectivity index (χ3n) is 4.53. The standard InChI is InChI=1S/C20H18N2O7/c1-11(23)19(26)22(2)29-20(27)17-13(7-14(24)8-16(17)25)10-28-18(20)15-6-4-3-5-12(15)9-21/h3-8,18,24-25,27H,10H2,1-2H3. The molecule has 2 atom stereocenters. The molecule has 0 spiro atoms. The van der Waals surface area contributed by atoms with Gasteiger partial charge in [0.05, 0.1) is 23.8 Å². The number of nitriles is 1. The maximum absolute atomic E-state index is 12.0. The number of carbonyl (C=O) groups is 2. The summed E-state index contributed by atoms with van der Waals surface area (Å²) in [4.78, 5) is 28.9. The van der Waals surface area contributed by atoms with Gasteiger partial charge in [-0.25, -0.2) is 9.90 Å². The van der Waals surface area contributed by atoms with Crippen molar-refractivity contribution in [2.45, 2.75) is 25.4 Å². The Morgan fingerprint density at radius 1 is 1.31 bits per heavy atom. The van der Waals surface area contributed by atoms with Crippen LogP contribution in [-0.4, -0.2) is 39.1 Å². The number of nitrogens with zero attached hydrogens (tertiary/aromatic N) is 2. The lowest BCUT2D eigenvalue weighted by Gasteiger charge is -2.42. The van der Waals surface area contributed by atoms with E-state index >= 15 is 0 Å². The number of likely N-dealkylation sites (N-methyl/N-ethyl adjacent to an activating group) is 1. The number of Topliss-reactive ketones (excluding diaryl/α,β-unsaturated/α-hetero) is 1. The molecule has 0 aliphatic carbocycles. The van der Waals surface area contributed by atoms with Gasteiger partial charge in [0.1, 0.15) is 17.6 Å². The van der Waals surface area contributed by atoms with E-state index in [1.807, 2.05) is 6.07 Å². The van der Waals surface area contributed by atoms with Gasteiger partial charge in [-0.05, 0) is 17.7 Å². The van der Waals surface area contributed by atoms with Crippen LogP contribution in [0.3, 0.4) is 0 Å². The zero-order valence-electron chi connectivity index (χ0n) is 15.6. The Balaban J connectivity index is 2.20. The molecule has 0 saturated carbocycles. The molecule has 29 heavy (non-hydrogen) atoms. The molecule has 2 unspecified atom stereocenters. The molecule has 0 fully saturated rings. The summed E-state index contributed by atoms with van der Waals surface area (Å²) in [5.41, 5.74) is 0.489. The van der Waals surface area contributed by atoms with Crippen LogP contribution in [0.4, 0.5) is 0 Å². The number of aliphatic hydroxyl groups is 1. The van der Waals surface area contributed by atoms with Gasteiger partial charge < -0.3 is 20.1 Å². The van der Waals surface area contributed by atoms with E-state index in [2.05, 4.69) is 0 Å². The molecule has 1 heterocycles. The summed E-state index contributed by atoms with van der Waals surface area (Å²) in [6.07, 6.45) is -1.33. The molecule has 9 nitrogen and oxygen atoms in total. The normalized spacial score (nSPS) is 20.4. The van der Waals surface area contributed by atoms with Crippen molar-refractivity contribution in [2.24, 2.45) is 0 Å². The number of phenols is 2. The van der Waals surface area contributed by atoms with Crippen molar-refractivity contribution in [1.29, 1.82) is 5.26 Å². The lowest BCUT2D eigenvalue weighted by atomic mass is 9.86. The quantitative estimate of drug-likeness (QED) is 0.398. The molecule has 0 aromatic heterocycles. The Morgan fingerprint density at radius 3 is 2.66 bits per heavy atom. The molecule has 1 amide bonds. The smallest absolute Gasteiger partial charge is 0.313 e. The van der Waals surface area contributed by atoms with Crippen molar-refractivity contribution in [2.75, 3.05) is 7.05 Å². The number of aromatic hydroxyl groups is 2. The Labute approximate surface area is 165 Å². The minimum absolute atomic E-state index is 0.127. The maximum Gasteiger partial charge on any atom is 0.313 e. The minimum Gasteiger partial charge on any atom is -0.508 e. The average molecular weight is 398 g/mol. The van der Waals surface area contributed by atoms with Crippen LogP contribution in [0.25, 0.3) is 0 Å². The summed E-state index contributed by atoms with van der Waals surface area (Å²) in [5, 5.41) is 41.7. The van der Waals surface area contributed by atoms with Crippen LogP contribution in [0, 0.1) is 11.3 Å². The number of benzene rings is 2. The van der Waals surface area contributed by atoms with Gasteiger partial charge in [-0.2, -0.15) is 5.26 Å². The van der Waals surface area contributed by atoms with E-state index in [-0.39, 0.29) is 34.6 Å². The number of rotatable bonds is 4. The maximum atomic E-state index is 12.0. The topological polar surface area (TPSA) is 140 Å². The molecule has 3 rings (SSSR count). The zero-order valence-corrected chi connectivity index (χ0v) is 15.6. The first kappa shape index (κ1) is 20.3. The molecule has 0 bridgehead atoms. The second-order valence-electron chi connectivity index (χ2n) is 6.54. The van der Waals surface area contributed by atoms with E-state index in [1.54, 1.807) is 12.1 Å². The van der Waals surface area contributed by atoms with E-state index in [1.165, 1.54) is 18.2 Å². The fraction of sp³-hybridized carbons (Fsp3) is 0.250. The first-order chi connectivity index (χ1) is 13.7. The largest absolute Gasteiger partial charge is 0.508 e. The summed E-state index contributed by atoms with van der Waals surface area (Å²) in [6.45, 7) is 0.910. The highest BCUT2D eigenvalue weighted by Crippen LogP contribution is 2.50. The lowest BCUT2D eigenvalue weighted by molar-refractivity contribution is -0.364. The summed E-state index contributed by atoms with van der Waals surface area (Å²) in [6, 6.07) is 10.5. The van der Waals surface area contributed by atoms with E-state index in [4.69, 9.17) is 9.57 Å². The zero-order chi connectivity index (χ0) is 21.3. The van der Waals surface area contributed by atoms with E-state index in [0.29, 0.717) is 5.06 Å². The van der Waals surface area contributed by atoms with Crippen LogP contribution in [-0.2, 0) is 31.6 Å². The minimum atomic E-state index is -2.49. The third-order valence-corrected chi connectivity index (χ3v) is 4.53. The predicted molar refractivity (Wildman–Crippen MR) is 96.9 cm³/mol. The number of carbonyl (C=O) groups excluding carboxylic acids is 2. The average Bonchev–Trinajstić information content (AvgIpc) is 2.66. The van der Waals surface area contributed by atoms with Gasteiger partial charge in [0.25, 0.3) is 5.79 Å². The molecular weight excluding hydrogens is 380 g/mol. The molecule has 0 saturated heterocycles. The number of hydrogen-bond acceptors (Lipinski definition) is 8. The second kappa shape index (κ2) is 7.52. The van der Waals surface area contributed by atoms with Crippen molar-refractivity contribution >= 4 is 11.7 Å². The van der Waals surface area contributed by atoms with Crippen LogP contribution >= 0.6 is 0 Å². The first-order valence-corrected chi connectivity index (χ1v) is 8.55. The highest BCUT2D eigenvalue weighted by Gasteiger charge is 2.51. The molecule has 1 aliphatic rings. The van der Waals surface area contributed by atoms with Gasteiger partial charge in [0, 0.05) is 25.6 Å². The van der Waals surface area contributed by atoms with Crippen LogP contribution in [0.5, 0.6) is 11.5 Å². The third kappa shape index (κ3) is 3.52. The number of hydrogen-bond donors (Lipinski definition) is 3. The van der Waals surface area contributed by atoms with Crippen molar-refractivity contribution in [1.82, 2.24) is 5.06 Å². The molecule has 1 aliphatic heterocycles. The summed E-state index contributed by atoms with van der Waals surface area (Å²) < 4.78 is 5.73. The Hall–Kier alpha value is -3.45. The molecule has 0 radical (unpaired) electrons. The number of ether oxygens (including phenoxy) is 1. The van der Waals surface area contributed by atoms with Gasteiger partial charge in [-0.15, -0.1) is 0 Å². The Kier molecular flexibility index (Phi) is 5.26. The number of hydroxylamine groups is 2. The highest BCUT2D eigenvalue weighted by atomic mass is 16.8. The lowest BCUT2D eigenvalue weighted by Crippen LogP contribution is -2.48. The number of phenolic OH excluding ortho intramolecular Hbond substituents is 2. The molecule has 2 aromatic carbocycles. The molecule has 3 N–H and O–H groups in total. The fourth-order valence-corrected chi connectivity index (χ4v) is 3.31. The monoisotopic (exact) mass is 398 g/mol. The summed E-state index contributed by atoms with van der Waals surface area (Å²) in [5.74, 6) is -5.14. The molecule has 9 heteroatoms. The van der Waals surface area contributed by atoms with E-state index in [9.17, 15) is 30.2 Å². The van der Waals surface area contributed by atoms with Crippen LogP contribution in [0.15, 0.2) is 36.4 Å². The number of ketones is 1. The van der Waals surface area contributed by atoms with Crippen molar-refractivity contribution in [3.05, 3.63) is 58.7 Å².